The summed E-state index contributed by atoms with van der Waals surface area (Å²) in [7, 11) is -3.07. The van der Waals surface area contributed by atoms with Crippen molar-refractivity contribution in [1.82, 2.24) is 4.90 Å². The normalized spacial score (nSPS) is 18.4. The van der Waals surface area contributed by atoms with E-state index in [1.165, 1.54) is 5.56 Å². The highest BCUT2D eigenvalue weighted by Gasteiger charge is 2.35. The summed E-state index contributed by atoms with van der Waals surface area (Å²) in [4.78, 5) is 15.7. The molecule has 1 aliphatic heterocycles. The average Bonchev–Trinajstić information content (AvgIpc) is 3.22. The molecule has 3 rings (SSSR count). The van der Waals surface area contributed by atoms with Gasteiger partial charge < -0.3 is 9.64 Å². The molecule has 1 amide bonds. The van der Waals surface area contributed by atoms with Crippen molar-refractivity contribution < 1.29 is 17.9 Å². The molecule has 1 fully saturated rings. The topological polar surface area (TPSA) is 63.7 Å². The van der Waals surface area contributed by atoms with Gasteiger partial charge in [0.2, 0.25) is 0 Å². The zero-order chi connectivity index (χ0) is 19.4. The fourth-order valence-electron chi connectivity index (χ4n) is 3.21. The second kappa shape index (κ2) is 8.44. The number of carbonyl (C=O) groups is 1. The Morgan fingerprint density at radius 2 is 2.00 bits per heavy atom. The van der Waals surface area contributed by atoms with Gasteiger partial charge in [0.1, 0.15) is 5.75 Å². The SMILES string of the molecule is CCc1ccc(OCC(=O)N(Cc2sccc2C)[C@@H]2CCS(=O)(=O)C2)cc1. The predicted octanol–water partition coefficient (Wildman–Crippen LogP) is 3.21. The van der Waals surface area contributed by atoms with Crippen molar-refractivity contribution in [3.8, 4) is 5.75 Å². The number of carbonyl (C=O) groups excluding carboxylic acids is 1. The number of benzene rings is 1. The van der Waals surface area contributed by atoms with Crippen LogP contribution in [0.2, 0.25) is 0 Å². The van der Waals surface area contributed by atoms with E-state index < -0.39 is 9.84 Å². The number of nitrogens with zero attached hydrogens (tertiary/aromatic N) is 1. The number of hydrogen-bond donors (Lipinski definition) is 0. The first kappa shape index (κ1) is 19.9. The Bertz CT molecular complexity index is 887. The fraction of sp³-hybridized carbons (Fsp3) is 0.450. The number of thiophene rings is 1. The number of rotatable bonds is 7. The molecule has 0 unspecified atom stereocenters. The average molecular weight is 408 g/mol. The molecule has 0 N–H and O–H groups in total. The molecule has 27 heavy (non-hydrogen) atoms. The number of hydrogen-bond acceptors (Lipinski definition) is 5. The van der Waals surface area contributed by atoms with Crippen LogP contribution in [0.25, 0.3) is 0 Å². The van der Waals surface area contributed by atoms with Gasteiger partial charge in [-0.1, -0.05) is 19.1 Å². The van der Waals surface area contributed by atoms with Crippen LogP contribution in [0.15, 0.2) is 35.7 Å². The lowest BCUT2D eigenvalue weighted by molar-refractivity contribution is -0.135. The number of ether oxygens (including phenoxy) is 1. The highest BCUT2D eigenvalue weighted by Crippen LogP contribution is 2.24. The van der Waals surface area contributed by atoms with Crippen molar-refractivity contribution in [2.24, 2.45) is 0 Å². The Labute approximate surface area is 164 Å². The smallest absolute Gasteiger partial charge is 0.261 e. The minimum Gasteiger partial charge on any atom is -0.484 e. The van der Waals surface area contributed by atoms with Gasteiger partial charge in [0.25, 0.3) is 5.91 Å². The highest BCUT2D eigenvalue weighted by atomic mass is 32.2. The lowest BCUT2D eigenvalue weighted by Crippen LogP contribution is -2.43. The van der Waals surface area contributed by atoms with E-state index >= 15 is 0 Å². The fourth-order valence-corrected chi connectivity index (χ4v) is 5.85. The minimum absolute atomic E-state index is 0.0361. The molecule has 146 valence electrons. The van der Waals surface area contributed by atoms with Crippen LogP contribution in [0.3, 0.4) is 0 Å². The molecule has 2 heterocycles. The molecule has 1 aliphatic rings. The van der Waals surface area contributed by atoms with E-state index in [0.717, 1.165) is 16.9 Å². The maximum absolute atomic E-state index is 12.9. The van der Waals surface area contributed by atoms with E-state index in [1.807, 2.05) is 42.6 Å². The maximum Gasteiger partial charge on any atom is 0.261 e. The van der Waals surface area contributed by atoms with E-state index in [-0.39, 0.29) is 30.1 Å². The third-order valence-electron chi connectivity index (χ3n) is 4.95. The van der Waals surface area contributed by atoms with Crippen LogP contribution in [-0.2, 0) is 27.6 Å². The largest absolute Gasteiger partial charge is 0.484 e. The number of sulfone groups is 1. The van der Waals surface area contributed by atoms with E-state index in [1.54, 1.807) is 16.2 Å². The van der Waals surface area contributed by atoms with E-state index in [0.29, 0.717) is 18.7 Å². The van der Waals surface area contributed by atoms with Crippen LogP contribution in [0.4, 0.5) is 0 Å². The molecule has 1 saturated heterocycles. The lowest BCUT2D eigenvalue weighted by atomic mass is 10.2. The van der Waals surface area contributed by atoms with Crippen LogP contribution < -0.4 is 4.74 Å². The van der Waals surface area contributed by atoms with Crippen molar-refractivity contribution >= 4 is 27.1 Å². The lowest BCUT2D eigenvalue weighted by Gasteiger charge is -2.28. The molecule has 2 aromatic rings. The Balaban J connectivity index is 1.70. The summed E-state index contributed by atoms with van der Waals surface area (Å²) in [5.74, 6) is 0.648. The second-order valence-electron chi connectivity index (χ2n) is 6.89. The summed E-state index contributed by atoms with van der Waals surface area (Å²) in [6.07, 6.45) is 1.44. The van der Waals surface area contributed by atoms with Crippen molar-refractivity contribution in [2.45, 2.75) is 39.3 Å². The van der Waals surface area contributed by atoms with Crippen molar-refractivity contribution in [3.63, 3.8) is 0 Å². The summed E-state index contributed by atoms with van der Waals surface area (Å²) in [6.45, 7) is 4.43. The summed E-state index contributed by atoms with van der Waals surface area (Å²) < 4.78 is 29.5. The highest BCUT2D eigenvalue weighted by molar-refractivity contribution is 7.91. The van der Waals surface area contributed by atoms with Crippen LogP contribution in [-0.4, -0.2) is 43.4 Å². The maximum atomic E-state index is 12.9. The Morgan fingerprint density at radius 1 is 1.26 bits per heavy atom. The van der Waals surface area contributed by atoms with Gasteiger partial charge in [0.05, 0.1) is 18.1 Å². The van der Waals surface area contributed by atoms with Gasteiger partial charge >= 0.3 is 0 Å². The molecule has 5 nitrogen and oxygen atoms in total. The third-order valence-corrected chi connectivity index (χ3v) is 7.70. The summed E-state index contributed by atoms with van der Waals surface area (Å²) in [6, 6.07) is 9.42. The van der Waals surface area contributed by atoms with E-state index in [2.05, 4.69) is 6.92 Å². The Morgan fingerprint density at radius 3 is 2.56 bits per heavy atom. The zero-order valence-electron chi connectivity index (χ0n) is 15.7. The monoisotopic (exact) mass is 407 g/mol. The molecule has 1 atom stereocenters. The van der Waals surface area contributed by atoms with Gasteiger partial charge in [-0.25, -0.2) is 8.42 Å². The quantitative estimate of drug-likeness (QED) is 0.707. The third kappa shape index (κ3) is 5.11. The van der Waals surface area contributed by atoms with Crippen LogP contribution in [0.5, 0.6) is 5.75 Å². The first-order chi connectivity index (χ1) is 12.9. The molecule has 0 saturated carbocycles. The van der Waals surface area contributed by atoms with Crippen LogP contribution >= 0.6 is 11.3 Å². The first-order valence-electron chi connectivity index (χ1n) is 9.12. The molecular formula is C20H25NO4S2. The Kier molecular flexibility index (Phi) is 6.22. The minimum atomic E-state index is -3.07. The first-order valence-corrected chi connectivity index (χ1v) is 11.8. The molecular weight excluding hydrogens is 382 g/mol. The Hall–Kier alpha value is -1.86. The van der Waals surface area contributed by atoms with Gasteiger partial charge in [0.15, 0.2) is 16.4 Å². The molecule has 0 aliphatic carbocycles. The van der Waals surface area contributed by atoms with Crippen molar-refractivity contribution in [2.75, 3.05) is 18.1 Å². The predicted molar refractivity (Wildman–Crippen MR) is 108 cm³/mol. The van der Waals surface area contributed by atoms with Crippen LogP contribution in [0, 0.1) is 6.92 Å². The molecule has 0 bridgehead atoms. The molecule has 0 spiro atoms. The van der Waals surface area contributed by atoms with E-state index in [4.69, 9.17) is 4.74 Å². The molecule has 7 heteroatoms. The second-order valence-corrected chi connectivity index (χ2v) is 10.1. The van der Waals surface area contributed by atoms with Gasteiger partial charge in [-0.3, -0.25) is 4.79 Å². The van der Waals surface area contributed by atoms with Gasteiger partial charge in [-0.15, -0.1) is 11.3 Å². The van der Waals surface area contributed by atoms with Gasteiger partial charge in [0, 0.05) is 10.9 Å². The summed E-state index contributed by atoms with van der Waals surface area (Å²) in [5.41, 5.74) is 2.33. The van der Waals surface area contributed by atoms with Crippen molar-refractivity contribution in [1.29, 1.82) is 0 Å². The molecule has 1 aromatic carbocycles. The molecule has 1 aromatic heterocycles. The number of aryl methyl sites for hydroxylation is 2. The summed E-state index contributed by atoms with van der Waals surface area (Å²) >= 11 is 1.59. The van der Waals surface area contributed by atoms with Gasteiger partial charge in [-0.05, 0) is 54.5 Å². The van der Waals surface area contributed by atoms with E-state index in [9.17, 15) is 13.2 Å². The zero-order valence-corrected chi connectivity index (χ0v) is 17.3. The van der Waals surface area contributed by atoms with Gasteiger partial charge in [-0.2, -0.15) is 0 Å². The van der Waals surface area contributed by atoms with Crippen LogP contribution in [0.1, 0.15) is 29.3 Å². The summed E-state index contributed by atoms with van der Waals surface area (Å²) in [5, 5.41) is 1.99. The standard InChI is InChI=1S/C20H25NO4S2/c1-3-16-4-6-18(7-5-16)25-13-20(22)21(12-19-15(2)8-10-26-19)17-9-11-27(23,24)14-17/h4-8,10,17H,3,9,11-14H2,1-2H3/t17-/m1/s1. The molecule has 0 radical (unpaired) electrons. The number of amides is 1. The van der Waals surface area contributed by atoms with Crippen molar-refractivity contribution in [3.05, 3.63) is 51.7 Å².